The van der Waals surface area contributed by atoms with Crippen molar-refractivity contribution < 1.29 is 9.84 Å². The Hall–Kier alpha value is -1.65. The monoisotopic (exact) mass is 303 g/mol. The summed E-state index contributed by atoms with van der Waals surface area (Å²) in [5.41, 5.74) is 8.83. The summed E-state index contributed by atoms with van der Waals surface area (Å²) in [6, 6.07) is 13.6. The minimum atomic E-state index is -0.517. The van der Waals surface area contributed by atoms with Crippen LogP contribution in [0.25, 0.3) is 0 Å². The first-order valence-corrected chi connectivity index (χ1v) is 7.89. The molecule has 21 heavy (non-hydrogen) atoms. The molecule has 3 N–H and O–H groups in total. The first-order chi connectivity index (χ1) is 10.0. The number of hydrogen-bond acceptors (Lipinski definition) is 4. The summed E-state index contributed by atoms with van der Waals surface area (Å²) in [4.78, 5) is 1.20. The molecule has 0 amide bonds. The number of aliphatic hydroxyl groups is 1. The van der Waals surface area contributed by atoms with Gasteiger partial charge in [-0.1, -0.05) is 23.8 Å². The molecule has 0 aliphatic carbocycles. The van der Waals surface area contributed by atoms with Crippen molar-refractivity contribution in [1.82, 2.24) is 0 Å². The first kappa shape index (κ1) is 15.7. The molecule has 112 valence electrons. The Bertz CT molecular complexity index is 601. The standard InChI is InChI=1S/C17H21NO2S/c1-12-6-7-17(13(2)8-12)21-11-15(19)10-20-16-5-3-4-14(18)9-16/h3-9,15,19H,10-11,18H2,1-2H3. The van der Waals surface area contributed by atoms with Gasteiger partial charge in [0.2, 0.25) is 0 Å². The lowest BCUT2D eigenvalue weighted by Crippen LogP contribution is -2.20. The maximum absolute atomic E-state index is 10.0. The Balaban J connectivity index is 1.80. The van der Waals surface area contributed by atoms with E-state index in [9.17, 15) is 5.11 Å². The van der Waals surface area contributed by atoms with Gasteiger partial charge < -0.3 is 15.6 Å². The summed E-state index contributed by atoms with van der Waals surface area (Å²) in [5.74, 6) is 1.29. The molecule has 0 aliphatic heterocycles. The minimum Gasteiger partial charge on any atom is -0.491 e. The average Bonchev–Trinajstić information content (AvgIpc) is 2.44. The van der Waals surface area contributed by atoms with Crippen LogP contribution in [0.1, 0.15) is 11.1 Å². The molecular formula is C17H21NO2S. The highest BCUT2D eigenvalue weighted by atomic mass is 32.2. The molecule has 0 aliphatic rings. The van der Waals surface area contributed by atoms with E-state index in [0.29, 0.717) is 17.2 Å². The van der Waals surface area contributed by atoms with Gasteiger partial charge in [0.15, 0.2) is 0 Å². The zero-order valence-corrected chi connectivity index (χ0v) is 13.2. The number of hydrogen-bond donors (Lipinski definition) is 2. The van der Waals surface area contributed by atoms with E-state index in [1.54, 1.807) is 23.9 Å². The van der Waals surface area contributed by atoms with Crippen molar-refractivity contribution in [3.8, 4) is 5.75 Å². The zero-order chi connectivity index (χ0) is 15.2. The van der Waals surface area contributed by atoms with E-state index in [1.165, 1.54) is 16.0 Å². The Kier molecular flexibility index (Phi) is 5.53. The Morgan fingerprint density at radius 3 is 2.71 bits per heavy atom. The van der Waals surface area contributed by atoms with Crippen molar-refractivity contribution in [3.05, 3.63) is 53.6 Å². The lowest BCUT2D eigenvalue weighted by Gasteiger charge is -2.13. The second-order valence-corrected chi connectivity index (χ2v) is 6.18. The van der Waals surface area contributed by atoms with Crippen LogP contribution in [-0.2, 0) is 0 Å². The van der Waals surface area contributed by atoms with E-state index in [4.69, 9.17) is 10.5 Å². The SMILES string of the molecule is Cc1ccc(SCC(O)COc2cccc(N)c2)c(C)c1. The number of aryl methyl sites for hydroxylation is 2. The molecule has 0 bridgehead atoms. The summed E-state index contributed by atoms with van der Waals surface area (Å²) >= 11 is 1.65. The first-order valence-electron chi connectivity index (χ1n) is 6.91. The highest BCUT2D eigenvalue weighted by Crippen LogP contribution is 2.24. The highest BCUT2D eigenvalue weighted by Gasteiger charge is 2.08. The van der Waals surface area contributed by atoms with Crippen LogP contribution in [-0.4, -0.2) is 23.6 Å². The molecule has 1 atom stereocenters. The van der Waals surface area contributed by atoms with Crippen LogP contribution in [0.5, 0.6) is 5.75 Å². The van der Waals surface area contributed by atoms with E-state index in [0.717, 1.165) is 0 Å². The number of anilines is 1. The van der Waals surface area contributed by atoms with Gasteiger partial charge in [-0.2, -0.15) is 0 Å². The topological polar surface area (TPSA) is 55.5 Å². The average molecular weight is 303 g/mol. The molecule has 0 spiro atoms. The molecule has 1 unspecified atom stereocenters. The van der Waals surface area contributed by atoms with Gasteiger partial charge in [-0.05, 0) is 37.6 Å². The van der Waals surface area contributed by atoms with Crippen molar-refractivity contribution in [2.75, 3.05) is 18.1 Å². The number of benzene rings is 2. The molecule has 0 aromatic heterocycles. The van der Waals surface area contributed by atoms with Crippen LogP contribution in [0.4, 0.5) is 5.69 Å². The van der Waals surface area contributed by atoms with Crippen LogP contribution in [0.15, 0.2) is 47.4 Å². The van der Waals surface area contributed by atoms with Crippen molar-refractivity contribution >= 4 is 17.4 Å². The third kappa shape index (κ3) is 4.99. The molecule has 0 heterocycles. The Morgan fingerprint density at radius 1 is 1.19 bits per heavy atom. The molecule has 0 saturated carbocycles. The maximum atomic E-state index is 10.0. The van der Waals surface area contributed by atoms with E-state index < -0.39 is 6.10 Å². The summed E-state index contributed by atoms with van der Waals surface area (Å²) in [5, 5.41) is 10.0. The van der Waals surface area contributed by atoms with Gasteiger partial charge in [0.25, 0.3) is 0 Å². The van der Waals surface area contributed by atoms with Crippen LogP contribution < -0.4 is 10.5 Å². The Morgan fingerprint density at radius 2 is 2.00 bits per heavy atom. The summed E-state index contributed by atoms with van der Waals surface area (Å²) in [6.07, 6.45) is -0.517. The number of rotatable bonds is 6. The van der Waals surface area contributed by atoms with Crippen LogP contribution in [0, 0.1) is 13.8 Å². The predicted molar refractivity (Wildman–Crippen MR) is 89.0 cm³/mol. The van der Waals surface area contributed by atoms with Crippen LogP contribution in [0.3, 0.4) is 0 Å². The molecule has 4 heteroatoms. The quantitative estimate of drug-likeness (QED) is 0.634. The smallest absolute Gasteiger partial charge is 0.121 e. The van der Waals surface area contributed by atoms with E-state index in [1.807, 2.05) is 12.1 Å². The third-order valence-corrected chi connectivity index (χ3v) is 4.38. The van der Waals surface area contributed by atoms with Crippen molar-refractivity contribution in [2.24, 2.45) is 0 Å². The fourth-order valence-electron chi connectivity index (χ4n) is 1.99. The lowest BCUT2D eigenvalue weighted by molar-refractivity contribution is 0.126. The van der Waals surface area contributed by atoms with E-state index >= 15 is 0 Å². The van der Waals surface area contributed by atoms with E-state index in [2.05, 4.69) is 32.0 Å². The van der Waals surface area contributed by atoms with Gasteiger partial charge in [-0.25, -0.2) is 0 Å². The van der Waals surface area contributed by atoms with Crippen LogP contribution >= 0.6 is 11.8 Å². The summed E-state index contributed by atoms with van der Waals surface area (Å²) in [7, 11) is 0. The van der Waals surface area contributed by atoms with E-state index in [-0.39, 0.29) is 6.61 Å². The summed E-state index contributed by atoms with van der Waals surface area (Å²) < 4.78 is 5.54. The fourth-order valence-corrected chi connectivity index (χ4v) is 2.91. The van der Waals surface area contributed by atoms with Gasteiger partial charge in [-0.3, -0.25) is 0 Å². The molecule has 0 fully saturated rings. The second kappa shape index (κ2) is 7.38. The lowest BCUT2D eigenvalue weighted by atomic mass is 10.2. The van der Waals surface area contributed by atoms with Gasteiger partial charge in [0.1, 0.15) is 12.4 Å². The van der Waals surface area contributed by atoms with Gasteiger partial charge in [0.05, 0.1) is 6.10 Å². The van der Waals surface area contributed by atoms with Crippen molar-refractivity contribution in [2.45, 2.75) is 24.8 Å². The molecule has 3 nitrogen and oxygen atoms in total. The molecule has 2 rings (SSSR count). The molecule has 0 saturated heterocycles. The van der Waals surface area contributed by atoms with Crippen molar-refractivity contribution in [3.63, 3.8) is 0 Å². The number of aliphatic hydroxyl groups excluding tert-OH is 1. The number of ether oxygens (including phenoxy) is 1. The predicted octanol–water partition coefficient (Wildman–Crippen LogP) is 3.42. The molecular weight excluding hydrogens is 282 g/mol. The highest BCUT2D eigenvalue weighted by molar-refractivity contribution is 7.99. The van der Waals surface area contributed by atoms with Gasteiger partial charge >= 0.3 is 0 Å². The van der Waals surface area contributed by atoms with Gasteiger partial charge in [0, 0.05) is 22.4 Å². The third-order valence-electron chi connectivity index (χ3n) is 3.06. The Labute approximate surface area is 130 Å². The minimum absolute atomic E-state index is 0.265. The molecule has 2 aromatic carbocycles. The normalized spacial score (nSPS) is 12.1. The zero-order valence-electron chi connectivity index (χ0n) is 12.4. The van der Waals surface area contributed by atoms with Crippen molar-refractivity contribution in [1.29, 1.82) is 0 Å². The summed E-state index contributed by atoms with van der Waals surface area (Å²) in [6.45, 7) is 4.43. The number of thioether (sulfide) groups is 1. The number of nitrogens with two attached hydrogens (primary N) is 1. The fraction of sp³-hybridized carbons (Fsp3) is 0.294. The number of nitrogen functional groups attached to an aromatic ring is 1. The largest absolute Gasteiger partial charge is 0.491 e. The van der Waals surface area contributed by atoms with Crippen LogP contribution in [0.2, 0.25) is 0 Å². The maximum Gasteiger partial charge on any atom is 0.121 e. The molecule has 2 aromatic rings. The second-order valence-electron chi connectivity index (χ2n) is 5.12. The van der Waals surface area contributed by atoms with Gasteiger partial charge in [-0.15, -0.1) is 11.8 Å². The molecule has 0 radical (unpaired) electrons.